The Labute approximate surface area is 208 Å². The van der Waals surface area contributed by atoms with Gasteiger partial charge in [-0.25, -0.2) is 9.97 Å². The molecule has 4 rings (SSSR count). The lowest BCUT2D eigenvalue weighted by Crippen LogP contribution is -2.33. The minimum absolute atomic E-state index is 0.0139. The minimum atomic E-state index is -4.75. The van der Waals surface area contributed by atoms with E-state index in [1.807, 2.05) is 0 Å². The molecule has 0 aliphatic carbocycles. The fraction of sp³-hybridized carbons (Fsp3) is 0.375. The van der Waals surface area contributed by atoms with Crippen molar-refractivity contribution in [2.24, 2.45) is 0 Å². The fourth-order valence-corrected chi connectivity index (χ4v) is 4.41. The van der Waals surface area contributed by atoms with Crippen molar-refractivity contribution in [2.75, 3.05) is 43.3 Å². The molecule has 0 saturated heterocycles. The molecule has 3 aromatic rings. The maximum absolute atomic E-state index is 13.9. The second kappa shape index (κ2) is 9.60. The van der Waals surface area contributed by atoms with Crippen molar-refractivity contribution in [1.82, 2.24) is 15.0 Å². The number of rotatable bonds is 4. The summed E-state index contributed by atoms with van der Waals surface area (Å²) >= 11 is 0. The number of nitrogen functional groups attached to an aromatic ring is 1. The zero-order valence-electron chi connectivity index (χ0n) is 20.2. The molecule has 1 unspecified atom stereocenters. The number of alkyl halides is 6. The highest BCUT2D eigenvalue weighted by atomic mass is 19.4. The molecule has 3 heterocycles. The van der Waals surface area contributed by atoms with Crippen molar-refractivity contribution >= 4 is 17.6 Å². The molecule has 0 bridgehead atoms. The smallest absolute Gasteiger partial charge is 0.419 e. The number of hydrogen-bond donors (Lipinski definition) is 1. The summed E-state index contributed by atoms with van der Waals surface area (Å²) in [6.07, 6.45) is -8.13. The van der Waals surface area contributed by atoms with E-state index in [1.165, 1.54) is 17.2 Å². The Morgan fingerprint density at radius 3 is 2.35 bits per heavy atom. The summed E-state index contributed by atoms with van der Waals surface area (Å²) in [5.74, 6) is -0.344. The molecule has 0 spiro atoms. The summed E-state index contributed by atoms with van der Waals surface area (Å²) in [5, 5.41) is 0. The Morgan fingerprint density at radius 1 is 1.03 bits per heavy atom. The molecule has 7 nitrogen and oxygen atoms in total. The predicted octanol–water partition coefficient (Wildman–Crippen LogP) is 4.91. The summed E-state index contributed by atoms with van der Waals surface area (Å²) in [6.45, 7) is -0.0139. The van der Waals surface area contributed by atoms with Crippen molar-refractivity contribution in [3.63, 3.8) is 0 Å². The summed E-state index contributed by atoms with van der Waals surface area (Å²) in [7, 11) is 4.51. The SMILES string of the molecule is COc1ccc(C2Cc3nc(N(C)C)nc(N)c3CCN2c2ncccc2C(F)(F)F)cc1C(F)(F)F. The Kier molecular flexibility index (Phi) is 6.82. The Morgan fingerprint density at radius 2 is 1.73 bits per heavy atom. The van der Waals surface area contributed by atoms with Crippen LogP contribution in [0.15, 0.2) is 36.5 Å². The summed E-state index contributed by atoms with van der Waals surface area (Å²) in [4.78, 5) is 15.8. The first-order valence-electron chi connectivity index (χ1n) is 11.2. The predicted molar refractivity (Wildman–Crippen MR) is 126 cm³/mol. The van der Waals surface area contributed by atoms with Crippen molar-refractivity contribution in [3.8, 4) is 5.75 Å². The molecule has 2 N–H and O–H groups in total. The van der Waals surface area contributed by atoms with E-state index in [0.717, 1.165) is 31.4 Å². The molecule has 37 heavy (non-hydrogen) atoms. The lowest BCUT2D eigenvalue weighted by atomic mass is 9.97. The van der Waals surface area contributed by atoms with Crippen molar-refractivity contribution in [2.45, 2.75) is 31.2 Å². The number of methoxy groups -OCH3 is 1. The number of aromatic nitrogens is 3. The van der Waals surface area contributed by atoms with Gasteiger partial charge in [0.05, 0.1) is 30.0 Å². The molecule has 2 aromatic heterocycles. The Balaban J connectivity index is 1.94. The molecular formula is C24H24F6N6O. The van der Waals surface area contributed by atoms with Crippen LogP contribution in [0.4, 0.5) is 43.9 Å². The van der Waals surface area contributed by atoms with E-state index in [9.17, 15) is 26.3 Å². The van der Waals surface area contributed by atoms with Gasteiger partial charge < -0.3 is 20.3 Å². The van der Waals surface area contributed by atoms with E-state index in [0.29, 0.717) is 11.3 Å². The van der Waals surface area contributed by atoms with Crippen LogP contribution >= 0.6 is 0 Å². The highest BCUT2D eigenvalue weighted by molar-refractivity contribution is 5.56. The number of fused-ring (bicyclic) bond motifs is 1. The third kappa shape index (κ3) is 5.20. The first-order chi connectivity index (χ1) is 17.3. The molecule has 1 atom stereocenters. The van der Waals surface area contributed by atoms with E-state index in [2.05, 4.69) is 15.0 Å². The molecule has 0 amide bonds. The van der Waals surface area contributed by atoms with Crippen LogP contribution in [0.2, 0.25) is 0 Å². The number of benzene rings is 1. The van der Waals surface area contributed by atoms with Gasteiger partial charge in [-0.1, -0.05) is 6.07 Å². The Hall–Kier alpha value is -3.77. The fourth-order valence-electron chi connectivity index (χ4n) is 4.41. The van der Waals surface area contributed by atoms with Crippen molar-refractivity contribution < 1.29 is 31.1 Å². The van der Waals surface area contributed by atoms with Crippen LogP contribution in [0.3, 0.4) is 0 Å². The second-order valence-electron chi connectivity index (χ2n) is 8.72. The van der Waals surface area contributed by atoms with E-state index < -0.39 is 41.1 Å². The molecule has 1 aliphatic rings. The number of anilines is 3. The first-order valence-corrected chi connectivity index (χ1v) is 11.2. The van der Waals surface area contributed by atoms with Gasteiger partial charge in [-0.3, -0.25) is 0 Å². The van der Waals surface area contributed by atoms with E-state index in [-0.39, 0.29) is 36.7 Å². The van der Waals surface area contributed by atoms with E-state index >= 15 is 0 Å². The van der Waals surface area contributed by atoms with Gasteiger partial charge >= 0.3 is 12.4 Å². The lowest BCUT2D eigenvalue weighted by molar-refractivity contribution is -0.139. The maximum Gasteiger partial charge on any atom is 0.419 e. The Bertz CT molecular complexity index is 1290. The zero-order valence-corrected chi connectivity index (χ0v) is 20.2. The van der Waals surface area contributed by atoms with Gasteiger partial charge in [0.2, 0.25) is 5.95 Å². The molecule has 0 fully saturated rings. The van der Waals surface area contributed by atoms with Gasteiger partial charge in [0.15, 0.2) is 0 Å². The molecule has 1 aromatic carbocycles. The lowest BCUT2D eigenvalue weighted by Gasteiger charge is -2.33. The van der Waals surface area contributed by atoms with Crippen LogP contribution in [0.5, 0.6) is 5.75 Å². The van der Waals surface area contributed by atoms with Gasteiger partial charge in [0.25, 0.3) is 0 Å². The minimum Gasteiger partial charge on any atom is -0.496 e. The summed E-state index contributed by atoms with van der Waals surface area (Å²) in [5.41, 5.74) is 5.25. The summed E-state index contributed by atoms with van der Waals surface area (Å²) in [6, 6.07) is 4.54. The van der Waals surface area contributed by atoms with Crippen molar-refractivity contribution in [1.29, 1.82) is 0 Å². The number of halogens is 6. The van der Waals surface area contributed by atoms with Crippen molar-refractivity contribution in [3.05, 3.63) is 64.5 Å². The van der Waals surface area contributed by atoms with Crippen LogP contribution in [-0.4, -0.2) is 42.7 Å². The maximum atomic E-state index is 13.9. The molecule has 1 aliphatic heterocycles. The zero-order chi connectivity index (χ0) is 27.1. The van der Waals surface area contributed by atoms with Crippen LogP contribution in [0.25, 0.3) is 0 Å². The first kappa shape index (κ1) is 26.3. The highest BCUT2D eigenvalue weighted by Gasteiger charge is 2.40. The quantitative estimate of drug-likeness (QED) is 0.484. The molecule has 0 saturated carbocycles. The average Bonchev–Trinajstić information content (AvgIpc) is 3.02. The van der Waals surface area contributed by atoms with Crippen LogP contribution < -0.4 is 20.3 Å². The normalized spacial score (nSPS) is 16.2. The van der Waals surface area contributed by atoms with Gasteiger partial charge in [0, 0.05) is 38.8 Å². The summed E-state index contributed by atoms with van der Waals surface area (Å²) < 4.78 is 88.2. The van der Waals surface area contributed by atoms with Gasteiger partial charge in [0.1, 0.15) is 17.4 Å². The van der Waals surface area contributed by atoms with E-state index in [4.69, 9.17) is 10.5 Å². The molecule has 198 valence electrons. The third-order valence-corrected chi connectivity index (χ3v) is 6.16. The molecule has 13 heteroatoms. The molecule has 0 radical (unpaired) electrons. The van der Waals surface area contributed by atoms with E-state index in [1.54, 1.807) is 19.0 Å². The highest BCUT2D eigenvalue weighted by Crippen LogP contribution is 2.43. The number of hydrogen-bond acceptors (Lipinski definition) is 7. The third-order valence-electron chi connectivity index (χ3n) is 6.16. The number of nitrogens with two attached hydrogens (primary N) is 1. The number of nitrogens with zero attached hydrogens (tertiary/aromatic N) is 5. The second-order valence-corrected chi connectivity index (χ2v) is 8.72. The van der Waals surface area contributed by atoms with Gasteiger partial charge in [-0.05, 0) is 36.2 Å². The number of pyridine rings is 1. The van der Waals surface area contributed by atoms with Crippen LogP contribution in [-0.2, 0) is 25.2 Å². The largest absolute Gasteiger partial charge is 0.496 e. The van der Waals surface area contributed by atoms with Gasteiger partial charge in [-0.2, -0.15) is 31.3 Å². The topological polar surface area (TPSA) is 80.4 Å². The van der Waals surface area contributed by atoms with Gasteiger partial charge in [-0.15, -0.1) is 0 Å². The number of ether oxygens (including phenoxy) is 1. The molecular weight excluding hydrogens is 502 g/mol. The average molecular weight is 526 g/mol. The van der Waals surface area contributed by atoms with Crippen LogP contribution in [0, 0.1) is 0 Å². The standard InChI is InChI=1S/C24H24F6N6O/c1-35(2)22-33-17-12-18(13-6-7-19(37-3)16(11-13)24(28,29)30)36(10-8-14(17)20(31)34-22)21-15(23(25,26)27)5-4-9-32-21/h4-7,9,11,18H,8,10,12H2,1-3H3,(H2,31,33,34). The van der Waals surface area contributed by atoms with Crippen LogP contribution in [0.1, 0.15) is 34.0 Å². The monoisotopic (exact) mass is 526 g/mol.